The molecule has 0 radical (unpaired) electrons. The summed E-state index contributed by atoms with van der Waals surface area (Å²) in [6, 6.07) is 4.72. The second kappa shape index (κ2) is 6.53. The molecule has 0 aromatic heterocycles. The highest BCUT2D eigenvalue weighted by atomic mass is 16.6. The molecule has 2 rings (SSSR count). The van der Waals surface area contributed by atoms with Gasteiger partial charge in [0.2, 0.25) is 5.91 Å². The molecule has 0 saturated carbocycles. The molecule has 114 valence electrons. The van der Waals surface area contributed by atoms with Crippen LogP contribution < -0.4 is 10.2 Å². The number of carbonyl (C=O) groups excluding carboxylic acids is 1. The van der Waals surface area contributed by atoms with E-state index in [2.05, 4.69) is 10.2 Å². The Hall–Kier alpha value is -2.15. The van der Waals surface area contributed by atoms with Crippen molar-refractivity contribution in [3.63, 3.8) is 0 Å². The van der Waals surface area contributed by atoms with Crippen molar-refractivity contribution in [2.24, 2.45) is 0 Å². The molecular weight excluding hydrogens is 274 g/mol. The molecule has 1 aliphatic rings. The van der Waals surface area contributed by atoms with Crippen molar-refractivity contribution in [3.05, 3.63) is 33.9 Å². The van der Waals surface area contributed by atoms with Crippen LogP contribution in [0.2, 0.25) is 0 Å². The van der Waals surface area contributed by atoms with E-state index in [1.807, 2.05) is 0 Å². The maximum atomic E-state index is 11.0. The lowest BCUT2D eigenvalue weighted by Crippen LogP contribution is -2.44. The summed E-state index contributed by atoms with van der Waals surface area (Å²) in [5, 5.41) is 23.1. The third-order valence-electron chi connectivity index (χ3n) is 3.69. The topological polar surface area (TPSA) is 95.7 Å². The first-order chi connectivity index (χ1) is 10.0. The van der Waals surface area contributed by atoms with Crippen molar-refractivity contribution in [2.75, 3.05) is 18.0 Å². The number of hydrogen-bond acceptors (Lipinski definition) is 5. The number of aliphatic hydroxyl groups excluding tert-OH is 1. The van der Waals surface area contributed by atoms with Gasteiger partial charge in [-0.2, -0.15) is 0 Å². The molecular formula is C14H19N3O4. The molecule has 2 N–H and O–H groups in total. The van der Waals surface area contributed by atoms with Gasteiger partial charge in [0.25, 0.3) is 5.69 Å². The third-order valence-corrected chi connectivity index (χ3v) is 3.69. The number of rotatable bonds is 4. The first kappa shape index (κ1) is 15.2. The summed E-state index contributed by atoms with van der Waals surface area (Å²) in [6.45, 7) is 2.76. The highest BCUT2D eigenvalue weighted by Gasteiger charge is 2.22. The summed E-state index contributed by atoms with van der Waals surface area (Å²) < 4.78 is 0. The van der Waals surface area contributed by atoms with Crippen LogP contribution in [-0.4, -0.2) is 35.1 Å². The van der Waals surface area contributed by atoms with E-state index in [1.54, 1.807) is 6.07 Å². The standard InChI is InChI=1S/C14H19N3O4/c1-10(19)15-12-4-6-16(7-5-12)14-3-2-13(17(20)21)8-11(14)9-18/h2-3,8,12,18H,4-7,9H2,1H3,(H,15,19). The van der Waals surface area contributed by atoms with E-state index in [-0.39, 0.29) is 24.2 Å². The number of amides is 1. The molecule has 0 aliphatic carbocycles. The number of benzene rings is 1. The number of carbonyl (C=O) groups is 1. The molecule has 0 bridgehead atoms. The summed E-state index contributed by atoms with van der Waals surface area (Å²) in [4.78, 5) is 23.4. The van der Waals surface area contributed by atoms with Gasteiger partial charge in [-0.1, -0.05) is 0 Å². The third kappa shape index (κ3) is 3.69. The van der Waals surface area contributed by atoms with Gasteiger partial charge >= 0.3 is 0 Å². The van der Waals surface area contributed by atoms with Crippen molar-refractivity contribution >= 4 is 17.3 Å². The molecule has 1 heterocycles. The van der Waals surface area contributed by atoms with Gasteiger partial charge in [0, 0.05) is 49.4 Å². The van der Waals surface area contributed by atoms with Crippen LogP contribution in [0.1, 0.15) is 25.3 Å². The van der Waals surface area contributed by atoms with E-state index in [1.165, 1.54) is 19.1 Å². The minimum absolute atomic E-state index is 0.0177. The zero-order valence-corrected chi connectivity index (χ0v) is 11.9. The van der Waals surface area contributed by atoms with Crippen molar-refractivity contribution in [1.29, 1.82) is 0 Å². The number of anilines is 1. The Morgan fingerprint density at radius 2 is 2.14 bits per heavy atom. The molecule has 7 nitrogen and oxygen atoms in total. The Balaban J connectivity index is 2.09. The van der Waals surface area contributed by atoms with E-state index in [0.29, 0.717) is 5.56 Å². The Morgan fingerprint density at radius 1 is 1.48 bits per heavy atom. The lowest BCUT2D eigenvalue weighted by Gasteiger charge is -2.34. The Kier molecular flexibility index (Phi) is 4.74. The van der Waals surface area contributed by atoms with E-state index < -0.39 is 4.92 Å². The highest BCUT2D eigenvalue weighted by molar-refractivity contribution is 5.73. The highest BCUT2D eigenvalue weighted by Crippen LogP contribution is 2.28. The van der Waals surface area contributed by atoms with Crippen LogP contribution in [-0.2, 0) is 11.4 Å². The molecule has 1 aromatic carbocycles. The molecule has 1 saturated heterocycles. The van der Waals surface area contributed by atoms with E-state index in [4.69, 9.17) is 0 Å². The molecule has 1 amide bonds. The van der Waals surface area contributed by atoms with Gasteiger partial charge < -0.3 is 15.3 Å². The zero-order valence-electron chi connectivity index (χ0n) is 11.9. The lowest BCUT2D eigenvalue weighted by atomic mass is 10.0. The average molecular weight is 293 g/mol. The fourth-order valence-electron chi connectivity index (χ4n) is 2.67. The van der Waals surface area contributed by atoms with Gasteiger partial charge in [-0.3, -0.25) is 14.9 Å². The number of nitro groups is 1. The molecule has 1 fully saturated rings. The quantitative estimate of drug-likeness (QED) is 0.642. The fourth-order valence-corrected chi connectivity index (χ4v) is 2.67. The molecule has 0 atom stereocenters. The summed E-state index contributed by atoms with van der Waals surface area (Å²) >= 11 is 0. The fraction of sp³-hybridized carbons (Fsp3) is 0.500. The number of piperidine rings is 1. The van der Waals surface area contributed by atoms with Crippen LogP contribution in [0, 0.1) is 10.1 Å². The molecule has 1 aromatic rings. The van der Waals surface area contributed by atoms with Gasteiger partial charge in [0.15, 0.2) is 0 Å². The minimum Gasteiger partial charge on any atom is -0.392 e. The van der Waals surface area contributed by atoms with Crippen molar-refractivity contribution < 1.29 is 14.8 Å². The van der Waals surface area contributed by atoms with E-state index in [0.717, 1.165) is 31.6 Å². The first-order valence-corrected chi connectivity index (χ1v) is 6.91. The second-order valence-electron chi connectivity index (χ2n) is 5.19. The maximum absolute atomic E-state index is 11.0. The predicted octanol–water partition coefficient (Wildman–Crippen LogP) is 1.19. The molecule has 0 unspecified atom stereocenters. The number of hydrogen-bond donors (Lipinski definition) is 2. The van der Waals surface area contributed by atoms with Gasteiger partial charge in [0.1, 0.15) is 0 Å². The molecule has 0 spiro atoms. The van der Waals surface area contributed by atoms with Gasteiger partial charge in [0.05, 0.1) is 11.5 Å². The number of aliphatic hydroxyl groups is 1. The Bertz CT molecular complexity index is 539. The monoisotopic (exact) mass is 293 g/mol. The number of nitrogens with zero attached hydrogens (tertiary/aromatic N) is 2. The Labute approximate surface area is 122 Å². The van der Waals surface area contributed by atoms with Crippen molar-refractivity contribution in [3.8, 4) is 0 Å². The minimum atomic E-state index is -0.466. The van der Waals surface area contributed by atoms with Crippen molar-refractivity contribution in [1.82, 2.24) is 5.32 Å². The smallest absolute Gasteiger partial charge is 0.269 e. The molecule has 21 heavy (non-hydrogen) atoms. The van der Waals surface area contributed by atoms with Crippen LogP contribution >= 0.6 is 0 Å². The zero-order chi connectivity index (χ0) is 15.4. The SMILES string of the molecule is CC(=O)NC1CCN(c2ccc([N+](=O)[O-])cc2CO)CC1. The van der Waals surface area contributed by atoms with E-state index in [9.17, 15) is 20.0 Å². The number of non-ortho nitro benzene ring substituents is 1. The Morgan fingerprint density at radius 3 is 2.67 bits per heavy atom. The lowest BCUT2D eigenvalue weighted by molar-refractivity contribution is -0.384. The number of nitrogens with one attached hydrogen (secondary N) is 1. The van der Waals surface area contributed by atoms with Crippen LogP contribution in [0.5, 0.6) is 0 Å². The van der Waals surface area contributed by atoms with Gasteiger partial charge in [-0.05, 0) is 18.9 Å². The number of nitro benzene ring substituents is 1. The van der Waals surface area contributed by atoms with Gasteiger partial charge in [-0.25, -0.2) is 0 Å². The van der Waals surface area contributed by atoms with Crippen molar-refractivity contribution in [2.45, 2.75) is 32.4 Å². The van der Waals surface area contributed by atoms with Crippen LogP contribution in [0.15, 0.2) is 18.2 Å². The second-order valence-corrected chi connectivity index (χ2v) is 5.19. The summed E-state index contributed by atoms with van der Waals surface area (Å²) in [5.74, 6) is -0.0279. The normalized spacial score (nSPS) is 15.8. The van der Waals surface area contributed by atoms with Crippen LogP contribution in [0.4, 0.5) is 11.4 Å². The van der Waals surface area contributed by atoms with Gasteiger partial charge in [-0.15, -0.1) is 0 Å². The first-order valence-electron chi connectivity index (χ1n) is 6.91. The maximum Gasteiger partial charge on any atom is 0.269 e. The largest absolute Gasteiger partial charge is 0.392 e. The van der Waals surface area contributed by atoms with E-state index >= 15 is 0 Å². The molecule has 7 heteroatoms. The van der Waals surface area contributed by atoms with Crippen LogP contribution in [0.3, 0.4) is 0 Å². The van der Waals surface area contributed by atoms with Crippen LogP contribution in [0.25, 0.3) is 0 Å². The average Bonchev–Trinajstić information content (AvgIpc) is 2.46. The summed E-state index contributed by atoms with van der Waals surface area (Å²) in [6.07, 6.45) is 1.64. The summed E-state index contributed by atoms with van der Waals surface area (Å²) in [5.41, 5.74) is 1.36. The summed E-state index contributed by atoms with van der Waals surface area (Å²) in [7, 11) is 0. The predicted molar refractivity (Wildman–Crippen MR) is 78.1 cm³/mol. The molecule has 1 aliphatic heterocycles.